The number of likely N-dealkylation sites (tertiary alicyclic amines) is 1. The first-order valence-corrected chi connectivity index (χ1v) is 18.8. The second kappa shape index (κ2) is 23.5. The normalized spacial score (nSPS) is 16.8. The van der Waals surface area contributed by atoms with E-state index < -0.39 is 89.8 Å². The quantitative estimate of drug-likeness (QED) is 0.119. The molecule has 5 unspecified atom stereocenters. The number of nitrogens with one attached hydrogen (secondary N) is 4. The van der Waals surface area contributed by atoms with Crippen LogP contribution in [0.15, 0.2) is 24.3 Å². The molecule has 1 aliphatic rings. The Balaban J connectivity index is 0.0000143. The van der Waals surface area contributed by atoms with Crippen LogP contribution >= 0.6 is 0 Å². The molecule has 0 bridgehead atoms. The average molecular weight is 789 g/mol. The lowest BCUT2D eigenvalue weighted by atomic mass is 9.98. The van der Waals surface area contributed by atoms with E-state index in [4.69, 9.17) is 0 Å². The van der Waals surface area contributed by atoms with Gasteiger partial charge in [-0.3, -0.25) is 28.8 Å². The molecule has 0 aromatic heterocycles. The molecular formula is C38H63F3N6O8. The zero-order chi connectivity index (χ0) is 42.8. The summed E-state index contributed by atoms with van der Waals surface area (Å²) in [5, 5.41) is 9.61. The Kier molecular flexibility index (Phi) is 21.6. The number of carbonyl (C=O) groups excluding carboxylic acids is 7. The molecule has 1 aliphatic heterocycles. The fraction of sp³-hybridized carbons (Fsp3) is 0.711. The van der Waals surface area contributed by atoms with Crippen molar-refractivity contribution in [1.29, 1.82) is 0 Å². The lowest BCUT2D eigenvalue weighted by Gasteiger charge is -2.32. The van der Waals surface area contributed by atoms with Crippen LogP contribution in [0.25, 0.3) is 0 Å². The van der Waals surface area contributed by atoms with E-state index in [1.165, 1.54) is 23.9 Å². The second-order valence-corrected chi connectivity index (χ2v) is 14.5. The Morgan fingerprint density at radius 1 is 0.909 bits per heavy atom. The summed E-state index contributed by atoms with van der Waals surface area (Å²) in [6, 6.07) is -4.73. The van der Waals surface area contributed by atoms with Crippen molar-refractivity contribution < 1.29 is 51.5 Å². The summed E-state index contributed by atoms with van der Waals surface area (Å²) in [6.07, 6.45) is 2.34. The van der Waals surface area contributed by atoms with Crippen LogP contribution in [0.1, 0.15) is 94.9 Å². The third-order valence-corrected chi connectivity index (χ3v) is 8.50. The van der Waals surface area contributed by atoms with Crippen molar-refractivity contribution in [2.45, 2.75) is 131 Å². The highest BCUT2D eigenvalue weighted by atomic mass is 19.4. The van der Waals surface area contributed by atoms with Gasteiger partial charge in [0.1, 0.15) is 18.1 Å². The minimum absolute atomic E-state index is 0.0393. The molecule has 0 aromatic carbocycles. The molecule has 0 spiro atoms. The molecule has 0 radical (unpaired) electrons. The van der Waals surface area contributed by atoms with Gasteiger partial charge in [0.2, 0.25) is 35.0 Å². The van der Waals surface area contributed by atoms with Gasteiger partial charge in [-0.1, -0.05) is 79.7 Å². The largest absolute Gasteiger partial charge is 0.434 e. The standard InChI is InChI=1S/C36H57F3N6O8.C2H6/c1-11-12-13-14-16-23(6)28(32(50)44(9)10)42-26(46)20-40-31(49)29(47)24(19-21(2)3)41-30(48)25-17-15-18-45(25)33(51)27(22(4)5)43-34(52)53-35(7,8)36(37,38)39;1-2/h12-14,16,21-25,27-28H,11,15,17-20H2,1-10H3,(H,40,49)(H,41,48)(H,42,46)(H,43,52);1-2H3/b13-12-,16-14-;. The van der Waals surface area contributed by atoms with Crippen LogP contribution in [0.2, 0.25) is 0 Å². The van der Waals surface area contributed by atoms with Crippen LogP contribution in [0.3, 0.4) is 0 Å². The van der Waals surface area contributed by atoms with Crippen LogP contribution in [-0.4, -0.2) is 114 Å². The van der Waals surface area contributed by atoms with Gasteiger partial charge < -0.3 is 35.8 Å². The predicted octanol–water partition coefficient (Wildman–Crippen LogP) is 4.04. The number of likely N-dealkylation sites (N-methyl/N-ethyl adjacent to an activating group) is 1. The van der Waals surface area contributed by atoms with Crippen molar-refractivity contribution >= 4 is 41.4 Å². The molecule has 1 fully saturated rings. The van der Waals surface area contributed by atoms with E-state index in [1.807, 2.05) is 32.9 Å². The molecule has 0 aliphatic carbocycles. The maximum Gasteiger partial charge on any atom is 0.427 e. The first-order valence-electron chi connectivity index (χ1n) is 18.8. The van der Waals surface area contributed by atoms with Crippen molar-refractivity contribution in [3.05, 3.63) is 24.3 Å². The fourth-order valence-electron chi connectivity index (χ4n) is 5.30. The molecule has 0 saturated carbocycles. The Labute approximate surface area is 323 Å². The predicted molar refractivity (Wildman–Crippen MR) is 202 cm³/mol. The lowest BCUT2D eigenvalue weighted by Crippen LogP contribution is -2.58. The molecule has 17 heteroatoms. The molecule has 1 rings (SSSR count). The molecule has 14 nitrogen and oxygen atoms in total. The van der Waals surface area contributed by atoms with E-state index in [9.17, 15) is 46.7 Å². The van der Waals surface area contributed by atoms with Gasteiger partial charge in [-0.05, 0) is 51.4 Å². The van der Waals surface area contributed by atoms with E-state index in [0.717, 1.165) is 6.42 Å². The molecular weight excluding hydrogens is 725 g/mol. The number of Topliss-reactive ketones (excluding diaryl/α,β-unsaturated/α-hetero) is 1. The minimum Gasteiger partial charge on any atom is -0.434 e. The zero-order valence-corrected chi connectivity index (χ0v) is 34.4. The SMILES string of the molecule is CC.CC/C=C\C=C/C(C)C(NC(=O)CNC(=O)C(=O)C(CC(C)C)NC(=O)C1CCCN1C(=O)C(NC(=O)OC(C)(C)C(F)(F)F)C(C)C)C(=O)N(C)C. The minimum atomic E-state index is -4.87. The van der Waals surface area contributed by atoms with Crippen LogP contribution < -0.4 is 21.3 Å². The number of hydrogen-bond acceptors (Lipinski definition) is 8. The average Bonchev–Trinajstić information content (AvgIpc) is 3.59. The van der Waals surface area contributed by atoms with Crippen molar-refractivity contribution in [2.24, 2.45) is 17.8 Å². The number of amides is 6. The van der Waals surface area contributed by atoms with E-state index in [2.05, 4.69) is 26.0 Å². The topological polar surface area (TPSA) is 183 Å². The Bertz CT molecular complexity index is 1380. The molecule has 0 aromatic rings. The number of alkyl carbamates (subject to hydrolysis) is 1. The van der Waals surface area contributed by atoms with Gasteiger partial charge in [0.25, 0.3) is 5.91 Å². The summed E-state index contributed by atoms with van der Waals surface area (Å²) >= 11 is 0. The van der Waals surface area contributed by atoms with Crippen LogP contribution in [-0.2, 0) is 33.5 Å². The molecule has 55 heavy (non-hydrogen) atoms. The fourth-order valence-corrected chi connectivity index (χ4v) is 5.30. The van der Waals surface area contributed by atoms with Gasteiger partial charge in [0, 0.05) is 26.6 Å². The molecule has 6 amide bonds. The number of ketones is 1. The van der Waals surface area contributed by atoms with Gasteiger partial charge in [-0.25, -0.2) is 4.79 Å². The van der Waals surface area contributed by atoms with E-state index >= 15 is 0 Å². The molecule has 1 heterocycles. The Morgan fingerprint density at radius 3 is 2.02 bits per heavy atom. The molecule has 314 valence electrons. The lowest BCUT2D eigenvalue weighted by molar-refractivity contribution is -0.244. The van der Waals surface area contributed by atoms with Gasteiger partial charge >= 0.3 is 12.3 Å². The summed E-state index contributed by atoms with van der Waals surface area (Å²) in [5.41, 5.74) is -2.83. The monoisotopic (exact) mass is 788 g/mol. The first-order chi connectivity index (χ1) is 25.4. The molecule has 1 saturated heterocycles. The summed E-state index contributed by atoms with van der Waals surface area (Å²) in [5.74, 6) is -5.96. The van der Waals surface area contributed by atoms with Crippen molar-refractivity contribution in [1.82, 2.24) is 31.1 Å². The van der Waals surface area contributed by atoms with E-state index in [1.54, 1.807) is 46.8 Å². The maximum absolute atomic E-state index is 13.6. The molecule has 5 atom stereocenters. The number of allylic oxidation sites excluding steroid dienone is 3. The summed E-state index contributed by atoms with van der Waals surface area (Å²) in [4.78, 5) is 94.0. The summed E-state index contributed by atoms with van der Waals surface area (Å²) in [6.45, 7) is 15.1. The number of halogens is 3. The number of carbonyl (C=O) groups is 7. The van der Waals surface area contributed by atoms with Gasteiger partial charge in [-0.15, -0.1) is 0 Å². The summed E-state index contributed by atoms with van der Waals surface area (Å²) in [7, 11) is 3.08. The number of hydrogen-bond donors (Lipinski definition) is 4. The second-order valence-electron chi connectivity index (χ2n) is 14.5. The number of rotatable bonds is 18. The highest BCUT2D eigenvalue weighted by Crippen LogP contribution is 2.33. The van der Waals surface area contributed by atoms with Crippen molar-refractivity contribution in [3.63, 3.8) is 0 Å². The van der Waals surface area contributed by atoms with Gasteiger partial charge in [0.15, 0.2) is 0 Å². The van der Waals surface area contributed by atoms with Crippen LogP contribution in [0, 0.1) is 17.8 Å². The van der Waals surface area contributed by atoms with Gasteiger partial charge in [0.05, 0.1) is 12.6 Å². The van der Waals surface area contributed by atoms with Gasteiger partial charge in [-0.2, -0.15) is 13.2 Å². The molecule has 4 N–H and O–H groups in total. The van der Waals surface area contributed by atoms with E-state index in [0.29, 0.717) is 20.3 Å². The van der Waals surface area contributed by atoms with Crippen LogP contribution in [0.5, 0.6) is 0 Å². The Morgan fingerprint density at radius 2 is 1.51 bits per heavy atom. The van der Waals surface area contributed by atoms with Crippen molar-refractivity contribution in [2.75, 3.05) is 27.2 Å². The third-order valence-electron chi connectivity index (χ3n) is 8.50. The number of alkyl halides is 3. The van der Waals surface area contributed by atoms with Crippen molar-refractivity contribution in [3.8, 4) is 0 Å². The third kappa shape index (κ3) is 16.4. The smallest absolute Gasteiger partial charge is 0.427 e. The highest BCUT2D eigenvalue weighted by molar-refractivity contribution is 6.38. The summed E-state index contributed by atoms with van der Waals surface area (Å²) < 4.78 is 44.4. The number of ether oxygens (including phenoxy) is 1. The number of nitrogens with zero attached hydrogens (tertiary/aromatic N) is 2. The Hall–Kier alpha value is -4.44. The zero-order valence-electron chi connectivity index (χ0n) is 34.4. The maximum atomic E-state index is 13.6. The highest BCUT2D eigenvalue weighted by Gasteiger charge is 2.51. The first kappa shape index (κ1) is 50.6. The van der Waals surface area contributed by atoms with E-state index in [-0.39, 0.29) is 31.2 Å². The van der Waals surface area contributed by atoms with Crippen LogP contribution in [0.4, 0.5) is 18.0 Å².